The SMILES string of the molecule is CCc1ccc(OC)c(C2(CCN)CCOCC2)c1. The summed E-state index contributed by atoms with van der Waals surface area (Å²) in [6.07, 6.45) is 4.12. The van der Waals surface area contributed by atoms with E-state index in [-0.39, 0.29) is 5.41 Å². The Hall–Kier alpha value is -1.06. The molecular formula is C16H25NO2. The molecule has 0 aromatic heterocycles. The van der Waals surface area contributed by atoms with E-state index in [2.05, 4.69) is 25.1 Å². The Morgan fingerprint density at radius 1 is 1.32 bits per heavy atom. The van der Waals surface area contributed by atoms with Crippen LogP contribution in [0.4, 0.5) is 0 Å². The predicted octanol–water partition coefficient (Wildman–Crippen LogP) is 2.65. The number of nitrogens with two attached hydrogens (primary N) is 1. The van der Waals surface area contributed by atoms with Crippen molar-refractivity contribution in [1.82, 2.24) is 0 Å². The van der Waals surface area contributed by atoms with E-state index < -0.39 is 0 Å². The lowest BCUT2D eigenvalue weighted by Crippen LogP contribution is -2.36. The van der Waals surface area contributed by atoms with Crippen molar-refractivity contribution in [3.63, 3.8) is 0 Å². The van der Waals surface area contributed by atoms with Crippen molar-refractivity contribution in [1.29, 1.82) is 0 Å². The number of methoxy groups -OCH3 is 1. The Morgan fingerprint density at radius 2 is 2.05 bits per heavy atom. The van der Waals surface area contributed by atoms with Crippen LogP contribution in [0.5, 0.6) is 5.75 Å². The van der Waals surface area contributed by atoms with E-state index in [4.69, 9.17) is 15.2 Å². The molecule has 1 fully saturated rings. The van der Waals surface area contributed by atoms with Crippen LogP contribution in [0.25, 0.3) is 0 Å². The summed E-state index contributed by atoms with van der Waals surface area (Å²) in [5.41, 5.74) is 8.67. The Morgan fingerprint density at radius 3 is 2.63 bits per heavy atom. The van der Waals surface area contributed by atoms with Gasteiger partial charge in [-0.25, -0.2) is 0 Å². The van der Waals surface area contributed by atoms with Crippen LogP contribution in [0.15, 0.2) is 18.2 Å². The third kappa shape index (κ3) is 2.93. The van der Waals surface area contributed by atoms with Gasteiger partial charge in [0.2, 0.25) is 0 Å². The first-order chi connectivity index (χ1) is 9.25. The summed E-state index contributed by atoms with van der Waals surface area (Å²) in [5.74, 6) is 0.993. The standard InChI is InChI=1S/C16H25NO2/c1-3-13-4-5-15(18-2)14(12-13)16(6-9-17)7-10-19-11-8-16/h4-5,12H,3,6-11,17H2,1-2H3. The van der Waals surface area contributed by atoms with E-state index in [1.54, 1.807) is 7.11 Å². The van der Waals surface area contributed by atoms with Gasteiger partial charge in [0.1, 0.15) is 5.75 Å². The smallest absolute Gasteiger partial charge is 0.122 e. The highest BCUT2D eigenvalue weighted by Gasteiger charge is 2.36. The molecule has 0 radical (unpaired) electrons. The van der Waals surface area contributed by atoms with E-state index in [9.17, 15) is 0 Å². The van der Waals surface area contributed by atoms with Gasteiger partial charge in [0.15, 0.2) is 0 Å². The van der Waals surface area contributed by atoms with Crippen molar-refractivity contribution in [3.05, 3.63) is 29.3 Å². The second kappa shape index (κ2) is 6.40. The minimum atomic E-state index is 0.128. The van der Waals surface area contributed by atoms with Crippen molar-refractivity contribution < 1.29 is 9.47 Å². The Bertz CT molecular complexity index is 406. The van der Waals surface area contributed by atoms with Crippen molar-refractivity contribution in [3.8, 4) is 5.75 Å². The Balaban J connectivity index is 2.44. The molecule has 3 nitrogen and oxygen atoms in total. The van der Waals surface area contributed by atoms with Crippen LogP contribution in [0.1, 0.15) is 37.3 Å². The molecule has 3 heteroatoms. The first kappa shape index (κ1) is 14.4. The highest BCUT2D eigenvalue weighted by Crippen LogP contribution is 2.42. The fourth-order valence-corrected chi connectivity index (χ4v) is 3.08. The molecule has 0 spiro atoms. The van der Waals surface area contributed by atoms with Crippen molar-refractivity contribution >= 4 is 0 Å². The minimum absolute atomic E-state index is 0.128. The molecule has 19 heavy (non-hydrogen) atoms. The van der Waals surface area contributed by atoms with Crippen LogP contribution in [-0.4, -0.2) is 26.9 Å². The largest absolute Gasteiger partial charge is 0.496 e. The van der Waals surface area contributed by atoms with E-state index in [0.717, 1.165) is 44.6 Å². The van der Waals surface area contributed by atoms with Crippen molar-refractivity contribution in [2.75, 3.05) is 26.9 Å². The average Bonchev–Trinajstić information content (AvgIpc) is 2.48. The molecule has 0 amide bonds. The molecular weight excluding hydrogens is 238 g/mol. The molecule has 1 aliphatic heterocycles. The second-order valence-electron chi connectivity index (χ2n) is 5.32. The Kier molecular flexibility index (Phi) is 4.83. The monoisotopic (exact) mass is 263 g/mol. The fourth-order valence-electron chi connectivity index (χ4n) is 3.08. The van der Waals surface area contributed by atoms with Gasteiger partial charge in [0.25, 0.3) is 0 Å². The second-order valence-corrected chi connectivity index (χ2v) is 5.32. The van der Waals surface area contributed by atoms with E-state index in [0.29, 0.717) is 6.54 Å². The number of rotatable bonds is 5. The normalized spacial score (nSPS) is 18.3. The van der Waals surface area contributed by atoms with E-state index >= 15 is 0 Å². The lowest BCUT2D eigenvalue weighted by Gasteiger charge is -2.38. The van der Waals surface area contributed by atoms with Crippen LogP contribution in [-0.2, 0) is 16.6 Å². The summed E-state index contributed by atoms with van der Waals surface area (Å²) < 4.78 is 11.1. The first-order valence-electron chi connectivity index (χ1n) is 7.21. The maximum absolute atomic E-state index is 5.86. The van der Waals surface area contributed by atoms with Crippen LogP contribution < -0.4 is 10.5 Å². The molecule has 0 aliphatic carbocycles. The molecule has 1 aromatic rings. The van der Waals surface area contributed by atoms with E-state index in [1.165, 1.54) is 11.1 Å². The molecule has 0 bridgehead atoms. The number of hydrogen-bond acceptors (Lipinski definition) is 3. The quantitative estimate of drug-likeness (QED) is 0.888. The van der Waals surface area contributed by atoms with Gasteiger partial charge in [-0.15, -0.1) is 0 Å². The molecule has 1 heterocycles. The summed E-state index contributed by atoms with van der Waals surface area (Å²) >= 11 is 0. The van der Waals surface area contributed by atoms with Crippen LogP contribution in [0.2, 0.25) is 0 Å². The molecule has 2 rings (SSSR count). The minimum Gasteiger partial charge on any atom is -0.496 e. The zero-order chi connectivity index (χ0) is 13.7. The third-order valence-corrected chi connectivity index (χ3v) is 4.32. The van der Waals surface area contributed by atoms with Crippen molar-refractivity contribution in [2.24, 2.45) is 5.73 Å². The summed E-state index contributed by atoms with van der Waals surface area (Å²) in [4.78, 5) is 0. The van der Waals surface area contributed by atoms with E-state index in [1.807, 2.05) is 0 Å². The molecule has 1 aliphatic rings. The number of hydrogen-bond donors (Lipinski definition) is 1. The van der Waals surface area contributed by atoms with Crippen molar-refractivity contribution in [2.45, 2.75) is 38.0 Å². The molecule has 1 aromatic carbocycles. The summed E-state index contributed by atoms with van der Waals surface area (Å²) in [6.45, 7) is 4.53. The van der Waals surface area contributed by atoms with Crippen LogP contribution in [0.3, 0.4) is 0 Å². The average molecular weight is 263 g/mol. The maximum Gasteiger partial charge on any atom is 0.122 e. The first-order valence-corrected chi connectivity index (χ1v) is 7.21. The molecule has 2 N–H and O–H groups in total. The van der Waals surface area contributed by atoms with Gasteiger partial charge in [0, 0.05) is 24.2 Å². The summed E-state index contributed by atoms with van der Waals surface area (Å²) in [7, 11) is 1.75. The zero-order valence-corrected chi connectivity index (χ0v) is 12.1. The zero-order valence-electron chi connectivity index (χ0n) is 12.1. The molecule has 0 atom stereocenters. The van der Waals surface area contributed by atoms with Gasteiger partial charge in [-0.05, 0) is 43.9 Å². The van der Waals surface area contributed by atoms with Gasteiger partial charge < -0.3 is 15.2 Å². The lowest BCUT2D eigenvalue weighted by molar-refractivity contribution is 0.0468. The summed E-state index contributed by atoms with van der Waals surface area (Å²) in [5, 5.41) is 0. The molecule has 1 saturated heterocycles. The number of aryl methyl sites for hydroxylation is 1. The molecule has 0 unspecified atom stereocenters. The molecule has 106 valence electrons. The lowest BCUT2D eigenvalue weighted by atomic mass is 9.71. The number of benzene rings is 1. The fraction of sp³-hybridized carbons (Fsp3) is 0.625. The number of ether oxygens (including phenoxy) is 2. The van der Waals surface area contributed by atoms with Gasteiger partial charge in [-0.3, -0.25) is 0 Å². The predicted molar refractivity (Wildman–Crippen MR) is 77.8 cm³/mol. The van der Waals surface area contributed by atoms with Gasteiger partial charge in [-0.1, -0.05) is 19.1 Å². The maximum atomic E-state index is 5.86. The van der Waals surface area contributed by atoms with Crippen LogP contribution in [0, 0.1) is 0 Å². The topological polar surface area (TPSA) is 44.5 Å². The molecule has 0 saturated carbocycles. The third-order valence-electron chi connectivity index (χ3n) is 4.32. The Labute approximate surface area is 116 Å². The van der Waals surface area contributed by atoms with Gasteiger partial charge in [0.05, 0.1) is 7.11 Å². The van der Waals surface area contributed by atoms with Gasteiger partial charge in [-0.2, -0.15) is 0 Å². The highest BCUT2D eigenvalue weighted by molar-refractivity contribution is 5.43. The summed E-state index contributed by atoms with van der Waals surface area (Å²) in [6, 6.07) is 6.56. The van der Waals surface area contributed by atoms with Gasteiger partial charge >= 0.3 is 0 Å². The highest BCUT2D eigenvalue weighted by atomic mass is 16.5. The van der Waals surface area contributed by atoms with Crippen LogP contribution >= 0.6 is 0 Å².